The molecule has 0 spiro atoms. The van der Waals surface area contributed by atoms with Crippen LogP contribution in [0.5, 0.6) is 0 Å². The first-order chi connectivity index (χ1) is 12.7. The summed E-state index contributed by atoms with van der Waals surface area (Å²) in [6.45, 7) is 7.86. The lowest BCUT2D eigenvalue weighted by Crippen LogP contribution is -2.60. The Labute approximate surface area is 161 Å². The summed E-state index contributed by atoms with van der Waals surface area (Å²) in [4.78, 5) is 12.6. The quantitative estimate of drug-likeness (QED) is 0.762. The second-order valence-electron chi connectivity index (χ2n) is 8.67. The molecule has 0 saturated carbocycles. The van der Waals surface area contributed by atoms with E-state index in [9.17, 15) is 10.0 Å². The van der Waals surface area contributed by atoms with E-state index in [-0.39, 0.29) is 18.0 Å². The highest BCUT2D eigenvalue weighted by Gasteiger charge is 2.46. The van der Waals surface area contributed by atoms with E-state index in [4.69, 9.17) is 4.74 Å². The first-order valence-electron chi connectivity index (χ1n) is 9.51. The van der Waals surface area contributed by atoms with Crippen LogP contribution in [0.2, 0.25) is 0 Å². The van der Waals surface area contributed by atoms with E-state index in [1.807, 2.05) is 76.3 Å². The normalized spacial score (nSPS) is 22.6. The molecule has 1 aromatic carbocycles. The standard InChI is InChI=1S/C23H29NO3/c1-22(2)15-20(16-23(3,4)24(22)26)27-21(25)19-13-11-18(12-14-19)17-9-7-5-6-8-10-17/h5-14,17,20,26H,15-16H2,1-4H3. The molecular weight excluding hydrogens is 338 g/mol. The van der Waals surface area contributed by atoms with Gasteiger partial charge >= 0.3 is 5.97 Å². The van der Waals surface area contributed by atoms with Crippen molar-refractivity contribution in [1.29, 1.82) is 0 Å². The van der Waals surface area contributed by atoms with Crippen molar-refractivity contribution < 1.29 is 14.7 Å². The molecule has 0 bridgehead atoms. The summed E-state index contributed by atoms with van der Waals surface area (Å²) < 4.78 is 5.79. The Balaban J connectivity index is 1.68. The Hall–Kier alpha value is -2.17. The fourth-order valence-corrected chi connectivity index (χ4v) is 4.11. The third-order valence-electron chi connectivity index (χ3n) is 5.38. The summed E-state index contributed by atoms with van der Waals surface area (Å²) in [6, 6.07) is 7.61. The Morgan fingerprint density at radius 1 is 0.963 bits per heavy atom. The Morgan fingerprint density at radius 2 is 1.48 bits per heavy atom. The van der Waals surface area contributed by atoms with Crippen molar-refractivity contribution in [3.05, 3.63) is 71.8 Å². The number of allylic oxidation sites excluding steroid dienone is 6. The third-order valence-corrected chi connectivity index (χ3v) is 5.38. The Morgan fingerprint density at radius 3 is 2.00 bits per heavy atom. The van der Waals surface area contributed by atoms with Gasteiger partial charge in [0.05, 0.1) is 5.56 Å². The number of carbonyl (C=O) groups is 1. The third kappa shape index (κ3) is 4.40. The molecule has 27 heavy (non-hydrogen) atoms. The van der Waals surface area contributed by atoms with E-state index < -0.39 is 11.1 Å². The number of nitrogens with zero attached hydrogens (tertiary/aromatic N) is 1. The summed E-state index contributed by atoms with van der Waals surface area (Å²) >= 11 is 0. The number of carbonyl (C=O) groups excluding carboxylic acids is 1. The highest BCUT2D eigenvalue weighted by molar-refractivity contribution is 5.89. The van der Waals surface area contributed by atoms with Crippen LogP contribution in [-0.2, 0) is 4.74 Å². The molecule has 0 amide bonds. The summed E-state index contributed by atoms with van der Waals surface area (Å²) in [5, 5.41) is 11.8. The number of hydroxylamine groups is 2. The first-order valence-corrected chi connectivity index (χ1v) is 9.51. The molecule has 1 heterocycles. The largest absolute Gasteiger partial charge is 0.459 e. The van der Waals surface area contributed by atoms with E-state index in [1.165, 1.54) is 5.06 Å². The minimum atomic E-state index is -0.442. The van der Waals surface area contributed by atoms with E-state index in [1.54, 1.807) is 0 Å². The van der Waals surface area contributed by atoms with Crippen LogP contribution in [0.15, 0.2) is 60.7 Å². The van der Waals surface area contributed by atoms with Crippen LogP contribution in [-0.4, -0.2) is 33.4 Å². The van der Waals surface area contributed by atoms with Gasteiger partial charge in [0.15, 0.2) is 0 Å². The molecule has 1 aliphatic heterocycles. The number of ether oxygens (including phenoxy) is 1. The predicted octanol–water partition coefficient (Wildman–Crippen LogP) is 5.02. The van der Waals surface area contributed by atoms with Crippen molar-refractivity contribution in [3.8, 4) is 0 Å². The first kappa shape index (κ1) is 19.6. The number of hydrogen-bond donors (Lipinski definition) is 1. The van der Waals surface area contributed by atoms with Crippen LogP contribution in [0, 0.1) is 0 Å². The molecule has 144 valence electrons. The van der Waals surface area contributed by atoms with Gasteiger partial charge in [-0.15, -0.1) is 0 Å². The van der Waals surface area contributed by atoms with Crippen LogP contribution in [0.3, 0.4) is 0 Å². The maximum absolute atomic E-state index is 12.6. The lowest BCUT2D eigenvalue weighted by atomic mass is 9.80. The number of benzene rings is 1. The van der Waals surface area contributed by atoms with Crippen molar-refractivity contribution in [1.82, 2.24) is 5.06 Å². The number of hydrogen-bond acceptors (Lipinski definition) is 4. The van der Waals surface area contributed by atoms with E-state index in [0.717, 1.165) is 5.56 Å². The van der Waals surface area contributed by atoms with Crippen LogP contribution in [0.1, 0.15) is 62.4 Å². The van der Waals surface area contributed by atoms with Crippen LogP contribution in [0.4, 0.5) is 0 Å². The van der Waals surface area contributed by atoms with E-state index >= 15 is 0 Å². The molecule has 2 aliphatic rings. The van der Waals surface area contributed by atoms with Crippen molar-refractivity contribution >= 4 is 5.97 Å². The average Bonchev–Trinajstić information content (AvgIpc) is 2.88. The second-order valence-corrected chi connectivity index (χ2v) is 8.67. The fraction of sp³-hybridized carbons (Fsp3) is 0.435. The van der Waals surface area contributed by atoms with Gasteiger partial charge in [-0.05, 0) is 45.4 Å². The monoisotopic (exact) mass is 367 g/mol. The van der Waals surface area contributed by atoms with Gasteiger partial charge in [-0.25, -0.2) is 4.79 Å². The van der Waals surface area contributed by atoms with Gasteiger partial charge in [0, 0.05) is 29.8 Å². The van der Waals surface area contributed by atoms with Gasteiger partial charge < -0.3 is 9.94 Å². The van der Waals surface area contributed by atoms with Gasteiger partial charge in [-0.2, -0.15) is 5.06 Å². The molecule has 0 aromatic heterocycles. The molecule has 1 saturated heterocycles. The van der Waals surface area contributed by atoms with Gasteiger partial charge in [0.25, 0.3) is 0 Å². The minimum absolute atomic E-state index is 0.209. The highest BCUT2D eigenvalue weighted by atomic mass is 16.5. The number of rotatable bonds is 3. The number of esters is 1. The smallest absolute Gasteiger partial charge is 0.338 e. The molecule has 0 atom stereocenters. The van der Waals surface area contributed by atoms with E-state index in [2.05, 4.69) is 12.2 Å². The van der Waals surface area contributed by atoms with E-state index in [0.29, 0.717) is 18.4 Å². The molecule has 1 N–H and O–H groups in total. The average molecular weight is 367 g/mol. The Bertz CT molecular complexity index is 737. The van der Waals surface area contributed by atoms with Gasteiger partial charge in [-0.3, -0.25) is 0 Å². The Kier molecular flexibility index (Phi) is 5.41. The SMILES string of the molecule is CC1(C)CC(OC(=O)c2ccc(C3C=CC=CC=C3)cc2)CC(C)(C)N1O. The van der Waals surface area contributed by atoms with Crippen LogP contribution in [0.25, 0.3) is 0 Å². The van der Waals surface area contributed by atoms with Crippen molar-refractivity contribution in [2.75, 3.05) is 0 Å². The molecule has 0 unspecified atom stereocenters. The van der Waals surface area contributed by atoms with Gasteiger partial charge in [0.1, 0.15) is 6.10 Å². The molecule has 1 fully saturated rings. The van der Waals surface area contributed by atoms with Crippen molar-refractivity contribution in [2.24, 2.45) is 0 Å². The highest BCUT2D eigenvalue weighted by Crippen LogP contribution is 2.38. The molecule has 1 aromatic rings. The molecule has 4 nitrogen and oxygen atoms in total. The van der Waals surface area contributed by atoms with Gasteiger partial charge in [0.2, 0.25) is 0 Å². The van der Waals surface area contributed by atoms with Crippen molar-refractivity contribution in [3.63, 3.8) is 0 Å². The second kappa shape index (κ2) is 7.45. The lowest BCUT2D eigenvalue weighted by molar-refractivity contribution is -0.256. The summed E-state index contributed by atoms with van der Waals surface area (Å²) in [5.74, 6) is -0.0984. The van der Waals surface area contributed by atoms with Crippen molar-refractivity contribution in [2.45, 2.75) is 63.6 Å². The maximum Gasteiger partial charge on any atom is 0.338 e. The minimum Gasteiger partial charge on any atom is -0.459 e. The molecule has 4 heteroatoms. The zero-order valence-corrected chi connectivity index (χ0v) is 16.6. The summed E-state index contributed by atoms with van der Waals surface area (Å²) in [6.07, 6.45) is 13.3. The molecule has 1 aliphatic carbocycles. The van der Waals surface area contributed by atoms with Gasteiger partial charge in [-0.1, -0.05) is 48.6 Å². The predicted molar refractivity (Wildman–Crippen MR) is 107 cm³/mol. The zero-order valence-electron chi connectivity index (χ0n) is 16.6. The molecule has 3 rings (SSSR count). The maximum atomic E-state index is 12.6. The lowest BCUT2D eigenvalue weighted by Gasteiger charge is -2.50. The van der Waals surface area contributed by atoms with Crippen LogP contribution >= 0.6 is 0 Å². The fourth-order valence-electron chi connectivity index (χ4n) is 4.11. The summed E-state index contributed by atoms with van der Waals surface area (Å²) in [7, 11) is 0. The number of piperidine rings is 1. The van der Waals surface area contributed by atoms with Crippen LogP contribution < -0.4 is 0 Å². The zero-order chi connectivity index (χ0) is 19.7. The summed E-state index contributed by atoms with van der Waals surface area (Å²) in [5.41, 5.74) is 0.810. The molecular formula is C23H29NO3. The topological polar surface area (TPSA) is 49.8 Å². The molecule has 0 radical (unpaired) electrons.